The average molecular weight is 438 g/mol. The maximum atomic E-state index is 9.90. The first kappa shape index (κ1) is 20.9. The van der Waals surface area contributed by atoms with Crippen molar-refractivity contribution in [1.29, 1.82) is 5.26 Å². The number of aliphatic hydroxyl groups is 1. The molecule has 1 fully saturated rings. The number of aliphatic hydroxyl groups excluding tert-OH is 1. The van der Waals surface area contributed by atoms with Crippen molar-refractivity contribution in [2.75, 3.05) is 13.1 Å². The molecule has 0 atom stereocenters. The van der Waals surface area contributed by atoms with Crippen LogP contribution in [0.15, 0.2) is 65.6 Å². The van der Waals surface area contributed by atoms with Crippen LogP contribution in [0, 0.1) is 11.3 Å². The number of pyridine rings is 1. The van der Waals surface area contributed by atoms with Gasteiger partial charge in [-0.25, -0.2) is 4.98 Å². The van der Waals surface area contributed by atoms with E-state index in [0.717, 1.165) is 48.3 Å². The molecule has 1 aromatic carbocycles. The van der Waals surface area contributed by atoms with Gasteiger partial charge in [0.1, 0.15) is 16.8 Å². The monoisotopic (exact) mass is 438 g/mol. The van der Waals surface area contributed by atoms with Crippen LogP contribution in [-0.4, -0.2) is 38.3 Å². The molecule has 8 heteroatoms. The van der Waals surface area contributed by atoms with E-state index in [1.54, 1.807) is 18.6 Å². The summed E-state index contributed by atoms with van der Waals surface area (Å²) in [4.78, 5) is 13.6. The van der Waals surface area contributed by atoms with Gasteiger partial charge in [-0.2, -0.15) is 5.26 Å². The first-order chi connectivity index (χ1) is 16.2. The third kappa shape index (κ3) is 4.12. The summed E-state index contributed by atoms with van der Waals surface area (Å²) in [6, 6.07) is 15.6. The van der Waals surface area contributed by atoms with Crippen LogP contribution in [0.25, 0.3) is 34.0 Å². The summed E-state index contributed by atoms with van der Waals surface area (Å²) < 4.78 is 5.54. The molecule has 164 valence electrons. The molecule has 3 aromatic heterocycles. The zero-order valence-electron chi connectivity index (χ0n) is 17.9. The molecular weight excluding hydrogens is 416 g/mol. The molecule has 0 saturated carbocycles. The molecule has 4 heterocycles. The fraction of sp³-hybridized carbons (Fsp3) is 0.240. The van der Waals surface area contributed by atoms with E-state index >= 15 is 0 Å². The van der Waals surface area contributed by atoms with Gasteiger partial charge in [-0.1, -0.05) is 29.4 Å². The van der Waals surface area contributed by atoms with Gasteiger partial charge in [0.05, 0.1) is 36.5 Å². The van der Waals surface area contributed by atoms with Gasteiger partial charge < -0.3 is 14.9 Å². The molecule has 1 aliphatic heterocycles. The second kappa shape index (κ2) is 8.90. The van der Waals surface area contributed by atoms with Crippen LogP contribution < -0.4 is 5.32 Å². The van der Waals surface area contributed by atoms with Crippen molar-refractivity contribution in [1.82, 2.24) is 25.4 Å². The molecule has 0 radical (unpaired) electrons. The molecular formula is C25H22N6O2. The molecule has 8 nitrogen and oxygen atoms in total. The van der Waals surface area contributed by atoms with Crippen LogP contribution in [0.3, 0.4) is 0 Å². The maximum Gasteiger partial charge on any atom is 0.187 e. The molecule has 0 amide bonds. The van der Waals surface area contributed by atoms with Crippen LogP contribution in [0.5, 0.6) is 0 Å². The lowest BCUT2D eigenvalue weighted by molar-refractivity contribution is 0.282. The molecule has 1 aliphatic rings. The number of rotatable bonds is 5. The zero-order chi connectivity index (χ0) is 22.7. The second-order valence-corrected chi connectivity index (χ2v) is 8.09. The third-order valence-corrected chi connectivity index (χ3v) is 6.05. The number of aromatic nitrogens is 4. The molecule has 33 heavy (non-hydrogen) atoms. The lowest BCUT2D eigenvalue weighted by Crippen LogP contribution is -2.39. The third-order valence-electron chi connectivity index (χ3n) is 6.05. The van der Waals surface area contributed by atoms with Crippen molar-refractivity contribution < 1.29 is 9.63 Å². The van der Waals surface area contributed by atoms with Crippen molar-refractivity contribution in [2.45, 2.75) is 24.9 Å². The predicted molar refractivity (Wildman–Crippen MR) is 122 cm³/mol. The predicted octanol–water partition coefficient (Wildman–Crippen LogP) is 3.50. The van der Waals surface area contributed by atoms with Crippen molar-refractivity contribution in [3.63, 3.8) is 0 Å². The number of hydrogen-bond donors (Lipinski definition) is 2. The quantitative estimate of drug-likeness (QED) is 0.486. The molecule has 0 aliphatic carbocycles. The smallest absolute Gasteiger partial charge is 0.187 e. The van der Waals surface area contributed by atoms with Crippen LogP contribution in [-0.2, 0) is 12.0 Å². The summed E-state index contributed by atoms with van der Waals surface area (Å²) in [5.41, 5.74) is 4.66. The highest BCUT2D eigenvalue weighted by molar-refractivity contribution is 5.67. The van der Waals surface area contributed by atoms with Crippen molar-refractivity contribution in [3.8, 4) is 40.0 Å². The number of hydrogen-bond acceptors (Lipinski definition) is 8. The lowest BCUT2D eigenvalue weighted by Gasteiger charge is -2.30. The minimum absolute atomic E-state index is 0.00414. The van der Waals surface area contributed by atoms with E-state index < -0.39 is 5.41 Å². The van der Waals surface area contributed by atoms with E-state index in [1.165, 1.54) is 0 Å². The highest BCUT2D eigenvalue weighted by Gasteiger charge is 2.35. The maximum absolute atomic E-state index is 9.90. The van der Waals surface area contributed by atoms with Gasteiger partial charge in [0.25, 0.3) is 0 Å². The van der Waals surface area contributed by atoms with Gasteiger partial charge in [-0.05, 0) is 43.6 Å². The van der Waals surface area contributed by atoms with E-state index in [4.69, 9.17) is 9.51 Å². The van der Waals surface area contributed by atoms with Gasteiger partial charge in [0.2, 0.25) is 0 Å². The Morgan fingerprint density at radius 1 is 1.00 bits per heavy atom. The molecule has 0 unspecified atom stereocenters. The second-order valence-electron chi connectivity index (χ2n) is 8.09. The Morgan fingerprint density at radius 2 is 1.79 bits per heavy atom. The molecule has 4 aromatic rings. The Bertz CT molecular complexity index is 1300. The Hall–Kier alpha value is -3.93. The summed E-state index contributed by atoms with van der Waals surface area (Å²) in [7, 11) is 0. The molecule has 2 N–H and O–H groups in total. The number of benzene rings is 1. The van der Waals surface area contributed by atoms with Crippen LogP contribution >= 0.6 is 0 Å². The normalized spacial score (nSPS) is 15.2. The van der Waals surface area contributed by atoms with Gasteiger partial charge in [0.15, 0.2) is 5.76 Å². The largest absolute Gasteiger partial charge is 0.392 e. The Balaban J connectivity index is 1.45. The van der Waals surface area contributed by atoms with E-state index in [9.17, 15) is 10.4 Å². The Kier molecular flexibility index (Phi) is 5.65. The first-order valence-electron chi connectivity index (χ1n) is 10.8. The molecule has 0 spiro atoms. The van der Waals surface area contributed by atoms with Gasteiger partial charge in [-0.3, -0.25) is 9.97 Å². The van der Waals surface area contributed by atoms with Gasteiger partial charge >= 0.3 is 0 Å². The summed E-state index contributed by atoms with van der Waals surface area (Å²) in [5.74, 6) is 0.506. The first-order valence-corrected chi connectivity index (χ1v) is 10.8. The molecule has 5 rings (SSSR count). The standard InChI is InChI=1S/C25H22N6O2/c26-16-25(6-9-27-10-7-25)24-11-19(5-8-29-24)21-13-28-14-22(30-21)23-12-20(31-33-23)18-3-1-17(15-32)2-4-18/h1-5,8,11-14,27,32H,6-7,9-10,15H2. The lowest BCUT2D eigenvalue weighted by atomic mass is 9.77. The summed E-state index contributed by atoms with van der Waals surface area (Å²) in [6.07, 6.45) is 6.50. The fourth-order valence-corrected chi connectivity index (χ4v) is 4.07. The molecule has 1 saturated heterocycles. The summed E-state index contributed by atoms with van der Waals surface area (Å²) >= 11 is 0. The van der Waals surface area contributed by atoms with E-state index in [2.05, 4.69) is 26.5 Å². The summed E-state index contributed by atoms with van der Waals surface area (Å²) in [5, 5.41) is 26.6. The van der Waals surface area contributed by atoms with Crippen molar-refractivity contribution >= 4 is 0 Å². The Labute approximate surface area is 191 Å². The molecule has 0 bridgehead atoms. The topological polar surface area (TPSA) is 121 Å². The van der Waals surface area contributed by atoms with E-state index in [0.29, 0.717) is 22.8 Å². The van der Waals surface area contributed by atoms with Gasteiger partial charge in [0, 0.05) is 23.4 Å². The number of nitrogens with one attached hydrogen (secondary N) is 1. The van der Waals surface area contributed by atoms with Crippen molar-refractivity contribution in [2.24, 2.45) is 0 Å². The van der Waals surface area contributed by atoms with Gasteiger partial charge in [-0.15, -0.1) is 0 Å². The van der Waals surface area contributed by atoms with Crippen LogP contribution in [0.4, 0.5) is 0 Å². The van der Waals surface area contributed by atoms with Crippen LogP contribution in [0.2, 0.25) is 0 Å². The Morgan fingerprint density at radius 3 is 2.55 bits per heavy atom. The highest BCUT2D eigenvalue weighted by atomic mass is 16.5. The number of nitrogens with zero attached hydrogens (tertiary/aromatic N) is 5. The van der Waals surface area contributed by atoms with Crippen LogP contribution in [0.1, 0.15) is 24.1 Å². The van der Waals surface area contributed by atoms with E-state index in [1.807, 2.05) is 42.5 Å². The highest BCUT2D eigenvalue weighted by Crippen LogP contribution is 2.33. The number of nitriles is 1. The minimum Gasteiger partial charge on any atom is -0.392 e. The zero-order valence-corrected chi connectivity index (χ0v) is 17.9. The number of piperidine rings is 1. The van der Waals surface area contributed by atoms with E-state index in [-0.39, 0.29) is 6.61 Å². The average Bonchev–Trinajstić information content (AvgIpc) is 3.40. The summed E-state index contributed by atoms with van der Waals surface area (Å²) in [6.45, 7) is 1.59. The van der Waals surface area contributed by atoms with Crippen molar-refractivity contribution in [3.05, 3.63) is 72.3 Å². The fourth-order valence-electron chi connectivity index (χ4n) is 4.07. The SMILES string of the molecule is N#CC1(c2cc(-c3cncc(-c4cc(-c5ccc(CO)cc5)no4)n3)ccn2)CCNCC1. The minimum atomic E-state index is -0.586.